The van der Waals surface area contributed by atoms with Gasteiger partial charge in [0.05, 0.1) is 39.1 Å². The van der Waals surface area contributed by atoms with Gasteiger partial charge in [0.15, 0.2) is 0 Å². The number of halogens is 4. The van der Waals surface area contributed by atoms with E-state index in [1.54, 1.807) is 6.20 Å². The highest BCUT2D eigenvalue weighted by Gasteiger charge is 2.49. The van der Waals surface area contributed by atoms with Gasteiger partial charge in [0.2, 0.25) is 0 Å². The van der Waals surface area contributed by atoms with Crippen LogP contribution in [0.15, 0.2) is 18.5 Å². The van der Waals surface area contributed by atoms with Crippen molar-refractivity contribution in [2.75, 3.05) is 37.7 Å². The number of rotatable bonds is 5. The number of piperazine rings is 1. The predicted molar refractivity (Wildman–Crippen MR) is 166 cm³/mol. The van der Waals surface area contributed by atoms with E-state index in [0.29, 0.717) is 56.7 Å². The summed E-state index contributed by atoms with van der Waals surface area (Å²) in [6, 6.07) is 2.28. The Balaban J connectivity index is 1.23. The third kappa shape index (κ3) is 4.38. The van der Waals surface area contributed by atoms with Crippen molar-refractivity contribution >= 4 is 48.4 Å². The highest BCUT2D eigenvalue weighted by Crippen LogP contribution is 2.48. The number of fused-ring (bicyclic) bond motifs is 7. The first kappa shape index (κ1) is 28.5. The number of benzene rings is 1. The van der Waals surface area contributed by atoms with E-state index >= 15 is 0 Å². The molecule has 0 saturated carbocycles. The van der Waals surface area contributed by atoms with Crippen LogP contribution in [0, 0.1) is 6.92 Å². The fraction of sp³-hybridized carbons (Fsp3) is 0.516. The molecular weight excluding hydrogens is 622 g/mol. The third-order valence-corrected chi connectivity index (χ3v) is 11.4. The van der Waals surface area contributed by atoms with E-state index in [9.17, 15) is 17.6 Å². The van der Waals surface area contributed by atoms with Gasteiger partial charge in [0.1, 0.15) is 29.1 Å². The number of thiophene rings is 1. The Labute approximate surface area is 264 Å². The van der Waals surface area contributed by atoms with Crippen molar-refractivity contribution in [2.45, 2.75) is 69.0 Å². The molecule has 9 rings (SSSR count). The number of aryl methyl sites for hydroxylation is 1. The Hall–Kier alpha value is -3.69. The van der Waals surface area contributed by atoms with Crippen LogP contribution in [-0.2, 0) is 6.18 Å². The second-order valence-electron chi connectivity index (χ2n) is 13.2. The first-order valence-corrected chi connectivity index (χ1v) is 16.5. The number of hydrogen-bond donors (Lipinski definition) is 2. The fourth-order valence-electron chi connectivity index (χ4n) is 8.38. The van der Waals surface area contributed by atoms with E-state index < -0.39 is 17.9 Å². The molecule has 2 unspecified atom stereocenters. The van der Waals surface area contributed by atoms with Crippen LogP contribution in [-0.4, -0.2) is 91.8 Å². The normalized spacial score (nSPS) is 26.6. The van der Waals surface area contributed by atoms with Crippen molar-refractivity contribution < 1.29 is 22.3 Å². The van der Waals surface area contributed by atoms with Crippen LogP contribution >= 0.6 is 11.3 Å². The van der Waals surface area contributed by atoms with Crippen LogP contribution in [0.5, 0.6) is 6.01 Å². The SMILES string of the molecule is Cc1cc2[nH]ncc2c(-c2nncc3c2sc2nc(OC[C@@]45CCCN4C[C@H](F)C5)nc(N4CC5CCC(C4)N5)c23)c1C(F)(F)F. The molecule has 240 valence electrons. The van der Waals surface area contributed by atoms with Gasteiger partial charge in [0.25, 0.3) is 0 Å². The first-order chi connectivity index (χ1) is 22.2. The van der Waals surface area contributed by atoms with Crippen molar-refractivity contribution in [3.05, 3.63) is 29.6 Å². The largest absolute Gasteiger partial charge is 0.461 e. The number of anilines is 1. The summed E-state index contributed by atoms with van der Waals surface area (Å²) in [7, 11) is 0. The molecule has 2 bridgehead atoms. The summed E-state index contributed by atoms with van der Waals surface area (Å²) in [6.45, 7) is 4.45. The van der Waals surface area contributed by atoms with Gasteiger partial charge in [-0.25, -0.2) is 4.39 Å². The zero-order chi connectivity index (χ0) is 31.4. The lowest BCUT2D eigenvalue weighted by atomic mass is 9.94. The fourth-order valence-corrected chi connectivity index (χ4v) is 9.51. The standard InChI is InChI=1S/C31H31F4N9OS/c1-15-7-21-19(9-36-41-21)22(24(15)31(33,34)35)25-26-20(10-37-42-25)23-27(43-12-17-3-4-18(13-43)38-17)39-29(40-28(23)46-26)45-14-30-5-2-6-44(30)11-16(32)8-30/h7,9-10,16-18,38H,2-6,8,11-14H2,1H3,(H,36,41)/t16-,17?,18?,30+/m1/s1. The van der Waals surface area contributed by atoms with Gasteiger partial charge in [-0.2, -0.15) is 33.3 Å². The number of aromatic nitrogens is 6. The molecule has 4 saturated heterocycles. The van der Waals surface area contributed by atoms with E-state index in [4.69, 9.17) is 14.7 Å². The zero-order valence-electron chi connectivity index (χ0n) is 25.0. The van der Waals surface area contributed by atoms with Crippen LogP contribution in [0.25, 0.3) is 42.5 Å². The topological polar surface area (TPSA) is 108 Å². The molecule has 0 radical (unpaired) electrons. The number of H-pyrrole nitrogens is 1. The van der Waals surface area contributed by atoms with Crippen LogP contribution in [0.1, 0.15) is 43.2 Å². The minimum absolute atomic E-state index is 0.0606. The van der Waals surface area contributed by atoms with E-state index in [1.165, 1.54) is 30.5 Å². The number of ether oxygens (including phenoxy) is 1. The maximum atomic E-state index is 14.6. The lowest BCUT2D eigenvalue weighted by Gasteiger charge is -2.34. The molecule has 0 aliphatic carbocycles. The van der Waals surface area contributed by atoms with Gasteiger partial charge in [-0.15, -0.1) is 16.4 Å². The van der Waals surface area contributed by atoms with Crippen LogP contribution in [0.3, 0.4) is 0 Å². The molecule has 10 nitrogen and oxygen atoms in total. The van der Waals surface area contributed by atoms with Crippen molar-refractivity contribution in [1.29, 1.82) is 0 Å². The summed E-state index contributed by atoms with van der Waals surface area (Å²) in [4.78, 5) is 14.8. The molecule has 5 aromatic rings. The summed E-state index contributed by atoms with van der Waals surface area (Å²) in [5, 5.41) is 20.7. The molecule has 4 aromatic heterocycles. The Bertz CT molecular complexity index is 2000. The maximum absolute atomic E-state index is 14.6. The lowest BCUT2D eigenvalue weighted by molar-refractivity contribution is -0.137. The average molecular weight is 654 g/mol. The quantitative estimate of drug-likeness (QED) is 0.241. The maximum Gasteiger partial charge on any atom is 0.417 e. The number of hydrogen-bond acceptors (Lipinski definition) is 10. The van der Waals surface area contributed by atoms with Gasteiger partial charge in [-0.3, -0.25) is 10.00 Å². The Kier molecular flexibility index (Phi) is 6.30. The molecule has 1 aromatic carbocycles. The molecule has 0 amide bonds. The molecule has 8 heterocycles. The predicted octanol–water partition coefficient (Wildman–Crippen LogP) is 5.40. The highest BCUT2D eigenvalue weighted by atomic mass is 32.1. The highest BCUT2D eigenvalue weighted by molar-refractivity contribution is 7.26. The van der Waals surface area contributed by atoms with Crippen molar-refractivity contribution in [2.24, 2.45) is 0 Å². The summed E-state index contributed by atoms with van der Waals surface area (Å²) in [5.74, 6) is 0.674. The summed E-state index contributed by atoms with van der Waals surface area (Å²) in [6.07, 6.45) is 1.87. The molecule has 4 aliphatic heterocycles. The van der Waals surface area contributed by atoms with Crippen molar-refractivity contribution in [3.63, 3.8) is 0 Å². The van der Waals surface area contributed by atoms with E-state index in [0.717, 1.165) is 50.7 Å². The van der Waals surface area contributed by atoms with Gasteiger partial charge in [-0.1, -0.05) is 0 Å². The molecule has 2 N–H and O–H groups in total. The molecule has 0 spiro atoms. The van der Waals surface area contributed by atoms with Crippen molar-refractivity contribution in [3.8, 4) is 17.3 Å². The van der Waals surface area contributed by atoms with E-state index in [2.05, 4.69) is 35.5 Å². The number of nitrogens with zero attached hydrogens (tertiary/aromatic N) is 7. The average Bonchev–Trinajstić information content (AvgIpc) is 3.82. The van der Waals surface area contributed by atoms with Gasteiger partial charge in [0, 0.05) is 54.5 Å². The number of nitrogens with one attached hydrogen (secondary N) is 2. The molecule has 4 aliphatic rings. The van der Waals surface area contributed by atoms with Gasteiger partial charge < -0.3 is 15.0 Å². The number of aromatic amines is 1. The van der Waals surface area contributed by atoms with Crippen LogP contribution in [0.4, 0.5) is 23.4 Å². The molecule has 4 atom stereocenters. The Morgan fingerprint density at radius 1 is 1.11 bits per heavy atom. The van der Waals surface area contributed by atoms with E-state index in [-0.39, 0.29) is 35.0 Å². The Morgan fingerprint density at radius 3 is 2.74 bits per heavy atom. The first-order valence-electron chi connectivity index (χ1n) is 15.7. The van der Waals surface area contributed by atoms with Crippen molar-refractivity contribution in [1.82, 2.24) is 40.6 Å². The van der Waals surface area contributed by atoms with Gasteiger partial charge >= 0.3 is 12.2 Å². The van der Waals surface area contributed by atoms with Crippen LogP contribution < -0.4 is 15.0 Å². The number of alkyl halides is 4. The second kappa shape index (κ2) is 10.2. The molecule has 46 heavy (non-hydrogen) atoms. The molecule has 4 fully saturated rings. The molecule has 15 heteroatoms. The molecular formula is C31H31F4N9OS. The summed E-state index contributed by atoms with van der Waals surface area (Å²) >= 11 is 1.26. The minimum Gasteiger partial charge on any atom is -0.461 e. The smallest absolute Gasteiger partial charge is 0.417 e. The summed E-state index contributed by atoms with van der Waals surface area (Å²) < 4.78 is 65.3. The Morgan fingerprint density at radius 2 is 1.93 bits per heavy atom. The second-order valence-corrected chi connectivity index (χ2v) is 14.2. The monoisotopic (exact) mass is 653 g/mol. The van der Waals surface area contributed by atoms with E-state index in [1.807, 2.05) is 0 Å². The minimum atomic E-state index is -4.64. The third-order valence-electron chi connectivity index (χ3n) is 10.3. The van der Waals surface area contributed by atoms with Gasteiger partial charge in [-0.05, 0) is 50.8 Å². The summed E-state index contributed by atoms with van der Waals surface area (Å²) in [5.41, 5.74) is -0.531. The zero-order valence-corrected chi connectivity index (χ0v) is 25.8. The van der Waals surface area contributed by atoms with Crippen LogP contribution in [0.2, 0.25) is 0 Å². The lowest BCUT2D eigenvalue weighted by Crippen LogP contribution is -2.51.